The Morgan fingerprint density at radius 2 is 1.29 bits per heavy atom. The van der Waals surface area contributed by atoms with Gasteiger partial charge in [-0.25, -0.2) is 9.59 Å². The molecule has 0 saturated carbocycles. The van der Waals surface area contributed by atoms with Crippen LogP contribution in [0.5, 0.6) is 23.0 Å². The van der Waals surface area contributed by atoms with Crippen LogP contribution in [0.15, 0.2) is 45.6 Å². The molecule has 10 atom stereocenters. The first kappa shape index (κ1) is 31.9. The van der Waals surface area contributed by atoms with E-state index in [0.717, 1.165) is 12.1 Å². The van der Waals surface area contributed by atoms with Gasteiger partial charge in [-0.05, 0) is 24.3 Å². The molecule has 242 valence electrons. The van der Waals surface area contributed by atoms with E-state index >= 15 is 0 Å². The molecule has 0 spiro atoms. The first-order chi connectivity index (χ1) is 21.2. The molecule has 18 nitrogen and oxygen atoms in total. The van der Waals surface area contributed by atoms with Gasteiger partial charge in [0.1, 0.15) is 53.0 Å². The molecule has 3 aromatic rings. The van der Waals surface area contributed by atoms with Crippen molar-refractivity contribution in [1.29, 1.82) is 0 Å². The lowest BCUT2D eigenvalue weighted by Gasteiger charge is -2.44. The van der Waals surface area contributed by atoms with Gasteiger partial charge in [0.2, 0.25) is 12.0 Å². The molecule has 2 aliphatic rings. The van der Waals surface area contributed by atoms with Crippen molar-refractivity contribution in [2.75, 3.05) is 0 Å². The van der Waals surface area contributed by atoms with Crippen molar-refractivity contribution < 1.29 is 84.0 Å². The van der Waals surface area contributed by atoms with Gasteiger partial charge in [0.05, 0.1) is 0 Å². The van der Waals surface area contributed by atoms with Gasteiger partial charge < -0.3 is 74.4 Å². The summed E-state index contributed by atoms with van der Waals surface area (Å²) in [6.45, 7) is 0. The number of carboxylic acids is 2. The van der Waals surface area contributed by atoms with E-state index in [9.17, 15) is 65.4 Å². The van der Waals surface area contributed by atoms with E-state index < -0.39 is 101 Å². The first-order valence-electron chi connectivity index (χ1n) is 13.0. The molecule has 0 bridgehead atoms. The van der Waals surface area contributed by atoms with Crippen LogP contribution in [0.25, 0.3) is 22.3 Å². The number of aliphatic hydroxyl groups excluding tert-OH is 5. The van der Waals surface area contributed by atoms with Crippen molar-refractivity contribution in [3.63, 3.8) is 0 Å². The number of fused-ring (bicyclic) bond motifs is 1. The normalized spacial score (nSPS) is 31.8. The molecule has 18 heteroatoms. The second-order valence-corrected chi connectivity index (χ2v) is 10.2. The number of hydrogen-bond acceptors (Lipinski definition) is 16. The zero-order valence-corrected chi connectivity index (χ0v) is 22.5. The van der Waals surface area contributed by atoms with Gasteiger partial charge >= 0.3 is 11.9 Å². The number of aliphatic carboxylic acids is 2. The van der Waals surface area contributed by atoms with Crippen molar-refractivity contribution in [1.82, 2.24) is 0 Å². The molecule has 2 aromatic carbocycles. The van der Waals surface area contributed by atoms with E-state index in [1.165, 1.54) is 24.3 Å². The quantitative estimate of drug-likeness (QED) is 0.122. The standard InChI is InChI=1S/C27H26O18/c28-8-3-1-7(2-4-8)10-5-9(29)13-11(41-10)6-12(14(30)15(13)31)42-27-23(19(35)18(34)22(44-27)25(39)40)45-26-20(36)16(32)17(33)21(43-26)24(37)38/h1-6,16-23,26-28,30-36H,(H,37,38)(H,39,40). The number of rotatable bonds is 7. The Morgan fingerprint density at radius 1 is 0.711 bits per heavy atom. The summed E-state index contributed by atoms with van der Waals surface area (Å²) < 4.78 is 26.9. The Labute approximate surface area is 249 Å². The lowest BCUT2D eigenvalue weighted by atomic mass is 9.97. The summed E-state index contributed by atoms with van der Waals surface area (Å²) in [7, 11) is 0. The van der Waals surface area contributed by atoms with E-state index in [0.29, 0.717) is 5.56 Å². The van der Waals surface area contributed by atoms with Crippen LogP contribution in [0.1, 0.15) is 0 Å². The lowest BCUT2D eigenvalue weighted by molar-refractivity contribution is -0.350. The first-order valence-corrected chi connectivity index (χ1v) is 13.0. The number of aromatic hydroxyl groups is 3. The number of hydrogen-bond donors (Lipinski definition) is 10. The van der Waals surface area contributed by atoms with Crippen LogP contribution in [-0.4, -0.2) is 124 Å². The fraction of sp³-hybridized carbons (Fsp3) is 0.370. The molecule has 10 N–H and O–H groups in total. The maximum absolute atomic E-state index is 12.8. The third kappa shape index (κ3) is 5.83. The Kier molecular flexibility index (Phi) is 8.58. The lowest BCUT2D eigenvalue weighted by Crippen LogP contribution is -2.66. The molecule has 10 unspecified atom stereocenters. The molecule has 3 heterocycles. The third-order valence-corrected chi connectivity index (χ3v) is 7.22. The number of ether oxygens (including phenoxy) is 4. The fourth-order valence-corrected chi connectivity index (χ4v) is 4.85. The highest BCUT2D eigenvalue weighted by Gasteiger charge is 2.54. The van der Waals surface area contributed by atoms with Gasteiger partial charge in [-0.1, -0.05) is 0 Å². The average molecular weight is 638 g/mol. The van der Waals surface area contributed by atoms with Crippen molar-refractivity contribution in [2.24, 2.45) is 0 Å². The highest BCUT2D eigenvalue weighted by Crippen LogP contribution is 2.43. The number of phenolic OH excluding ortho intramolecular Hbond substituents is 3. The maximum atomic E-state index is 12.8. The van der Waals surface area contributed by atoms with E-state index in [1.807, 2.05) is 0 Å². The molecule has 0 radical (unpaired) electrons. The molecule has 45 heavy (non-hydrogen) atoms. The predicted octanol–water partition coefficient (Wildman–Crippen LogP) is -2.24. The summed E-state index contributed by atoms with van der Waals surface area (Å²) >= 11 is 0. The zero-order chi connectivity index (χ0) is 32.9. The van der Waals surface area contributed by atoms with Crippen LogP contribution in [-0.2, 0) is 23.8 Å². The van der Waals surface area contributed by atoms with Gasteiger partial charge in [-0.2, -0.15) is 0 Å². The Balaban J connectivity index is 1.53. The molecule has 2 aliphatic heterocycles. The van der Waals surface area contributed by atoms with Crippen molar-refractivity contribution in [3.05, 3.63) is 46.6 Å². The van der Waals surface area contributed by atoms with Gasteiger partial charge in [0, 0.05) is 17.7 Å². The van der Waals surface area contributed by atoms with Crippen molar-refractivity contribution >= 4 is 22.9 Å². The molecule has 2 fully saturated rings. The molecule has 0 amide bonds. The molecule has 1 aromatic heterocycles. The van der Waals surface area contributed by atoms with E-state index in [4.69, 9.17) is 23.4 Å². The van der Waals surface area contributed by atoms with Crippen LogP contribution in [0.2, 0.25) is 0 Å². The Morgan fingerprint density at radius 3 is 1.89 bits per heavy atom. The Hall–Kier alpha value is -4.53. The van der Waals surface area contributed by atoms with E-state index in [2.05, 4.69) is 0 Å². The van der Waals surface area contributed by atoms with Crippen LogP contribution in [0.4, 0.5) is 0 Å². The van der Waals surface area contributed by atoms with Crippen LogP contribution >= 0.6 is 0 Å². The number of carboxylic acid groups (broad SMARTS) is 2. The summed E-state index contributed by atoms with van der Waals surface area (Å²) in [6.07, 6.45) is -21.5. The van der Waals surface area contributed by atoms with Gasteiger partial charge in [0.15, 0.2) is 41.5 Å². The highest BCUT2D eigenvalue weighted by molar-refractivity contribution is 5.89. The summed E-state index contributed by atoms with van der Waals surface area (Å²) in [4.78, 5) is 36.1. The molecule has 0 aliphatic carbocycles. The predicted molar refractivity (Wildman–Crippen MR) is 141 cm³/mol. The summed E-state index contributed by atoms with van der Waals surface area (Å²) in [6, 6.07) is 7.36. The largest absolute Gasteiger partial charge is 0.508 e. The summed E-state index contributed by atoms with van der Waals surface area (Å²) in [5, 5.41) is 101. The van der Waals surface area contributed by atoms with Gasteiger partial charge in [-0.3, -0.25) is 4.79 Å². The number of phenols is 3. The average Bonchev–Trinajstić information content (AvgIpc) is 2.98. The summed E-state index contributed by atoms with van der Waals surface area (Å²) in [5.74, 6) is -6.54. The molecule has 2 saturated heterocycles. The SMILES string of the molecule is O=C(O)C1OC(OC2C(Oc3cc4oc(-c5ccc(O)cc5)cc(=O)c4c(O)c3O)OC(C(=O)O)C(O)C2O)C(O)C(O)C1O. The number of carbonyl (C=O) groups is 2. The minimum Gasteiger partial charge on any atom is -0.508 e. The number of benzene rings is 2. The van der Waals surface area contributed by atoms with Gasteiger partial charge in [0.25, 0.3) is 0 Å². The minimum absolute atomic E-state index is 0.0414. The summed E-state index contributed by atoms with van der Waals surface area (Å²) in [5.41, 5.74) is -0.854. The monoisotopic (exact) mass is 638 g/mol. The highest BCUT2D eigenvalue weighted by atomic mass is 16.8. The minimum atomic E-state index is -2.23. The van der Waals surface area contributed by atoms with E-state index in [-0.39, 0.29) is 17.1 Å². The second kappa shape index (κ2) is 12.1. The molecular weight excluding hydrogens is 612 g/mol. The van der Waals surface area contributed by atoms with E-state index in [1.54, 1.807) is 0 Å². The molecular formula is C27H26O18. The van der Waals surface area contributed by atoms with Gasteiger partial charge in [-0.15, -0.1) is 0 Å². The third-order valence-electron chi connectivity index (χ3n) is 7.22. The van der Waals surface area contributed by atoms with Crippen LogP contribution < -0.4 is 10.2 Å². The smallest absolute Gasteiger partial charge is 0.335 e. The van der Waals surface area contributed by atoms with Crippen molar-refractivity contribution in [3.8, 4) is 34.3 Å². The topological polar surface area (TPSA) is 304 Å². The fourth-order valence-electron chi connectivity index (χ4n) is 4.85. The van der Waals surface area contributed by atoms with Crippen molar-refractivity contribution in [2.45, 2.75) is 61.4 Å². The second-order valence-electron chi connectivity index (χ2n) is 10.2. The maximum Gasteiger partial charge on any atom is 0.335 e. The Bertz CT molecular complexity index is 1650. The van der Waals surface area contributed by atoms with Crippen LogP contribution in [0.3, 0.4) is 0 Å². The zero-order valence-electron chi connectivity index (χ0n) is 22.5. The van der Waals surface area contributed by atoms with Crippen LogP contribution in [0, 0.1) is 0 Å². The number of aliphatic hydroxyl groups is 5. The molecule has 5 rings (SSSR count).